The van der Waals surface area contributed by atoms with Gasteiger partial charge in [-0.1, -0.05) is 12.1 Å². The molecule has 1 rings (SSSR count). The molecule has 20 heavy (non-hydrogen) atoms. The lowest BCUT2D eigenvalue weighted by molar-refractivity contribution is -0.143. The van der Waals surface area contributed by atoms with Crippen LogP contribution in [0.25, 0.3) is 0 Å². The van der Waals surface area contributed by atoms with Crippen LogP contribution in [0.15, 0.2) is 24.3 Å². The molecule has 0 spiro atoms. The molecule has 1 unspecified atom stereocenters. The van der Waals surface area contributed by atoms with Gasteiger partial charge in [-0.15, -0.1) is 0 Å². The second kappa shape index (κ2) is 9.37. The summed E-state index contributed by atoms with van der Waals surface area (Å²) >= 11 is 0. The van der Waals surface area contributed by atoms with Crippen LogP contribution in [0.4, 0.5) is 0 Å². The van der Waals surface area contributed by atoms with E-state index in [1.165, 1.54) is 0 Å². The first-order valence-electron chi connectivity index (χ1n) is 7.27. The zero-order valence-electron chi connectivity index (χ0n) is 12.4. The van der Waals surface area contributed by atoms with E-state index in [1.807, 2.05) is 38.1 Å². The van der Waals surface area contributed by atoms with Gasteiger partial charge in [-0.3, -0.25) is 4.79 Å². The first-order chi connectivity index (χ1) is 9.63. The first-order valence-corrected chi connectivity index (χ1v) is 7.27. The molecule has 4 nitrogen and oxygen atoms in total. The Balaban J connectivity index is 2.10. The van der Waals surface area contributed by atoms with E-state index in [2.05, 4.69) is 0 Å². The Hall–Kier alpha value is -1.55. The number of unbranched alkanes of at least 4 members (excludes halogenated alkanes) is 2. The Labute approximate surface area is 121 Å². The molecule has 0 saturated carbocycles. The molecule has 4 heteroatoms. The van der Waals surface area contributed by atoms with Crippen LogP contribution in [0.1, 0.15) is 51.1 Å². The molecule has 1 atom stereocenters. The number of esters is 1. The number of ether oxygens (including phenoxy) is 2. The molecule has 0 saturated heterocycles. The first kappa shape index (κ1) is 16.5. The molecule has 0 bridgehead atoms. The minimum atomic E-state index is -0.111. The standard InChI is InChI=1S/C16H25NO3/c1-3-19-16(18)7-5-4-6-12-20-15-10-8-14(9-11-15)13(2)17/h8-11,13H,3-7,12,17H2,1-2H3. The number of benzene rings is 1. The fourth-order valence-corrected chi connectivity index (χ4v) is 1.84. The van der Waals surface area contributed by atoms with Gasteiger partial charge in [-0.2, -0.15) is 0 Å². The maximum Gasteiger partial charge on any atom is 0.305 e. The van der Waals surface area contributed by atoms with Gasteiger partial charge in [0.05, 0.1) is 13.2 Å². The highest BCUT2D eigenvalue weighted by molar-refractivity contribution is 5.69. The second-order valence-corrected chi connectivity index (χ2v) is 4.82. The van der Waals surface area contributed by atoms with Crippen molar-refractivity contribution in [3.05, 3.63) is 29.8 Å². The van der Waals surface area contributed by atoms with Crippen LogP contribution < -0.4 is 10.5 Å². The number of nitrogens with two attached hydrogens (primary N) is 1. The lowest BCUT2D eigenvalue weighted by atomic mass is 10.1. The molecule has 0 heterocycles. The van der Waals surface area contributed by atoms with Gasteiger partial charge in [0.1, 0.15) is 5.75 Å². The van der Waals surface area contributed by atoms with Crippen molar-refractivity contribution in [1.82, 2.24) is 0 Å². The number of carbonyl (C=O) groups excluding carboxylic acids is 1. The van der Waals surface area contributed by atoms with E-state index in [9.17, 15) is 4.79 Å². The zero-order chi connectivity index (χ0) is 14.8. The van der Waals surface area contributed by atoms with Crippen molar-refractivity contribution in [3.63, 3.8) is 0 Å². The Morgan fingerprint density at radius 2 is 1.90 bits per heavy atom. The van der Waals surface area contributed by atoms with Crippen molar-refractivity contribution in [2.45, 2.75) is 45.6 Å². The molecule has 2 N–H and O–H groups in total. The van der Waals surface area contributed by atoms with Gasteiger partial charge in [0.15, 0.2) is 0 Å². The summed E-state index contributed by atoms with van der Waals surface area (Å²) in [5.41, 5.74) is 6.89. The highest BCUT2D eigenvalue weighted by Crippen LogP contribution is 2.16. The number of rotatable bonds is 9. The molecule has 1 aromatic rings. The van der Waals surface area contributed by atoms with Crippen LogP contribution in [0.5, 0.6) is 5.75 Å². The molecule has 0 aliphatic heterocycles. The van der Waals surface area contributed by atoms with E-state index in [0.29, 0.717) is 19.6 Å². The second-order valence-electron chi connectivity index (χ2n) is 4.82. The maximum atomic E-state index is 11.1. The molecule has 0 amide bonds. The molecule has 0 radical (unpaired) electrons. The third-order valence-electron chi connectivity index (χ3n) is 3.01. The monoisotopic (exact) mass is 279 g/mol. The topological polar surface area (TPSA) is 61.5 Å². The van der Waals surface area contributed by atoms with E-state index in [0.717, 1.165) is 30.6 Å². The lowest BCUT2D eigenvalue weighted by Crippen LogP contribution is -2.05. The summed E-state index contributed by atoms with van der Waals surface area (Å²) in [4.78, 5) is 11.1. The van der Waals surface area contributed by atoms with Gasteiger partial charge >= 0.3 is 5.97 Å². The van der Waals surface area contributed by atoms with Crippen LogP contribution in [-0.2, 0) is 9.53 Å². The number of carbonyl (C=O) groups is 1. The van der Waals surface area contributed by atoms with Crippen molar-refractivity contribution in [3.8, 4) is 5.75 Å². The molecular weight excluding hydrogens is 254 g/mol. The Morgan fingerprint density at radius 1 is 1.20 bits per heavy atom. The zero-order valence-corrected chi connectivity index (χ0v) is 12.4. The molecule has 0 aliphatic rings. The Morgan fingerprint density at radius 3 is 2.50 bits per heavy atom. The van der Waals surface area contributed by atoms with Crippen LogP contribution in [0, 0.1) is 0 Å². The van der Waals surface area contributed by atoms with Crippen LogP contribution >= 0.6 is 0 Å². The molecular formula is C16H25NO3. The van der Waals surface area contributed by atoms with E-state index in [4.69, 9.17) is 15.2 Å². The minimum absolute atomic E-state index is 0.0481. The van der Waals surface area contributed by atoms with Crippen molar-refractivity contribution >= 4 is 5.97 Å². The van der Waals surface area contributed by atoms with Crippen molar-refractivity contribution in [2.75, 3.05) is 13.2 Å². The summed E-state index contributed by atoms with van der Waals surface area (Å²) < 4.78 is 10.5. The number of hydrogen-bond acceptors (Lipinski definition) is 4. The lowest BCUT2D eigenvalue weighted by Gasteiger charge is -2.09. The quantitative estimate of drug-likeness (QED) is 0.557. The van der Waals surface area contributed by atoms with Gasteiger partial charge in [-0.25, -0.2) is 0 Å². The summed E-state index contributed by atoms with van der Waals surface area (Å²) in [6.07, 6.45) is 3.26. The van der Waals surface area contributed by atoms with Gasteiger partial charge in [0.2, 0.25) is 0 Å². The van der Waals surface area contributed by atoms with Gasteiger partial charge < -0.3 is 15.2 Å². The summed E-state index contributed by atoms with van der Waals surface area (Å²) in [7, 11) is 0. The maximum absolute atomic E-state index is 11.1. The predicted molar refractivity (Wildman–Crippen MR) is 79.6 cm³/mol. The Kier molecular flexibility index (Phi) is 7.73. The fraction of sp³-hybridized carbons (Fsp3) is 0.562. The smallest absolute Gasteiger partial charge is 0.305 e. The van der Waals surface area contributed by atoms with Crippen LogP contribution in [0.3, 0.4) is 0 Å². The highest BCUT2D eigenvalue weighted by Gasteiger charge is 2.02. The van der Waals surface area contributed by atoms with Gasteiger partial charge in [-0.05, 0) is 50.8 Å². The minimum Gasteiger partial charge on any atom is -0.494 e. The third kappa shape index (κ3) is 6.57. The summed E-state index contributed by atoms with van der Waals surface area (Å²) in [6.45, 7) is 4.90. The van der Waals surface area contributed by atoms with Crippen molar-refractivity contribution in [2.24, 2.45) is 5.73 Å². The van der Waals surface area contributed by atoms with E-state index < -0.39 is 0 Å². The predicted octanol–water partition coefficient (Wildman–Crippen LogP) is 3.21. The third-order valence-corrected chi connectivity index (χ3v) is 3.01. The van der Waals surface area contributed by atoms with Crippen molar-refractivity contribution < 1.29 is 14.3 Å². The van der Waals surface area contributed by atoms with Gasteiger partial charge in [0, 0.05) is 12.5 Å². The summed E-state index contributed by atoms with van der Waals surface area (Å²) in [5.74, 6) is 0.750. The normalized spacial score (nSPS) is 11.9. The van der Waals surface area contributed by atoms with Crippen LogP contribution in [0.2, 0.25) is 0 Å². The van der Waals surface area contributed by atoms with E-state index in [-0.39, 0.29) is 12.0 Å². The highest BCUT2D eigenvalue weighted by atomic mass is 16.5. The van der Waals surface area contributed by atoms with E-state index in [1.54, 1.807) is 0 Å². The Bertz CT molecular complexity index is 387. The largest absolute Gasteiger partial charge is 0.494 e. The molecule has 1 aromatic carbocycles. The van der Waals surface area contributed by atoms with Crippen molar-refractivity contribution in [1.29, 1.82) is 0 Å². The molecule has 112 valence electrons. The van der Waals surface area contributed by atoms with E-state index >= 15 is 0 Å². The molecule has 0 aromatic heterocycles. The summed E-state index contributed by atoms with van der Waals surface area (Å²) in [6, 6.07) is 7.91. The fourth-order valence-electron chi connectivity index (χ4n) is 1.84. The molecule has 0 aliphatic carbocycles. The average molecular weight is 279 g/mol. The average Bonchev–Trinajstić information content (AvgIpc) is 2.43. The van der Waals surface area contributed by atoms with Crippen LogP contribution in [-0.4, -0.2) is 19.2 Å². The SMILES string of the molecule is CCOC(=O)CCCCCOc1ccc(C(C)N)cc1. The summed E-state index contributed by atoms with van der Waals surface area (Å²) in [5, 5.41) is 0. The van der Waals surface area contributed by atoms with Gasteiger partial charge in [0.25, 0.3) is 0 Å². The number of hydrogen-bond donors (Lipinski definition) is 1. The molecule has 0 fully saturated rings.